The summed E-state index contributed by atoms with van der Waals surface area (Å²) in [6.45, 7) is 2.97. The van der Waals surface area contributed by atoms with Gasteiger partial charge in [0.05, 0.1) is 6.10 Å². The summed E-state index contributed by atoms with van der Waals surface area (Å²) in [7, 11) is 0. The molecule has 0 amide bonds. The van der Waals surface area contributed by atoms with Crippen LogP contribution in [0.4, 0.5) is 0 Å². The molecular weight excluding hydrogens is 126 g/mol. The van der Waals surface area contributed by atoms with Crippen LogP contribution in [0.1, 0.15) is 19.3 Å². The van der Waals surface area contributed by atoms with Gasteiger partial charge in [-0.25, -0.2) is 5.32 Å². The molecule has 2 nitrogen and oxygen atoms in total. The van der Waals surface area contributed by atoms with Crippen molar-refractivity contribution >= 4 is 0 Å². The lowest BCUT2D eigenvalue weighted by Gasteiger charge is -2.08. The van der Waals surface area contributed by atoms with Crippen molar-refractivity contribution in [1.82, 2.24) is 5.32 Å². The molecule has 0 N–H and O–H groups in total. The van der Waals surface area contributed by atoms with Gasteiger partial charge in [0.1, 0.15) is 0 Å². The molecule has 57 valence electrons. The Hall–Kier alpha value is -0.0800. The van der Waals surface area contributed by atoms with Crippen molar-refractivity contribution in [3.63, 3.8) is 0 Å². The topological polar surface area (TPSA) is 23.3 Å². The number of hydrogen-bond acceptors (Lipinski definition) is 1. The molecule has 0 aromatic carbocycles. The van der Waals surface area contributed by atoms with Crippen molar-refractivity contribution in [2.75, 3.05) is 19.7 Å². The van der Waals surface area contributed by atoms with Gasteiger partial charge in [0.15, 0.2) is 0 Å². The Balaban J connectivity index is 1.59. The molecule has 1 atom stereocenters. The third-order valence-electron chi connectivity index (χ3n) is 2.21. The molecule has 1 saturated carbocycles. The van der Waals surface area contributed by atoms with Gasteiger partial charge in [0.25, 0.3) is 0 Å². The van der Waals surface area contributed by atoms with E-state index < -0.39 is 0 Å². The highest BCUT2D eigenvalue weighted by atomic mass is 16.5. The first-order valence-electron chi connectivity index (χ1n) is 4.20. The Bertz CT molecular complexity index is 106. The van der Waals surface area contributed by atoms with Gasteiger partial charge in [-0.2, -0.15) is 0 Å². The molecule has 0 aromatic heterocycles. The molecule has 2 rings (SSSR count). The summed E-state index contributed by atoms with van der Waals surface area (Å²) in [4.78, 5) is 0. The van der Waals surface area contributed by atoms with Crippen molar-refractivity contribution in [3.05, 3.63) is 0 Å². The molecule has 1 unspecified atom stereocenters. The molecule has 2 aliphatic rings. The molecular formula is C8H14NO. The molecule has 2 heteroatoms. The molecule has 1 radical (unpaired) electrons. The first-order valence-corrected chi connectivity index (χ1v) is 4.20. The van der Waals surface area contributed by atoms with Crippen LogP contribution in [0.3, 0.4) is 0 Å². The van der Waals surface area contributed by atoms with E-state index in [9.17, 15) is 0 Å². The average Bonchev–Trinajstić information content (AvgIpc) is 2.63. The van der Waals surface area contributed by atoms with E-state index in [2.05, 4.69) is 5.32 Å². The average molecular weight is 140 g/mol. The first kappa shape index (κ1) is 6.62. The molecule has 0 bridgehead atoms. The van der Waals surface area contributed by atoms with E-state index >= 15 is 0 Å². The van der Waals surface area contributed by atoms with Gasteiger partial charge >= 0.3 is 0 Å². The largest absolute Gasteiger partial charge is 0.376 e. The monoisotopic (exact) mass is 140 g/mol. The van der Waals surface area contributed by atoms with Gasteiger partial charge in [-0.15, -0.1) is 0 Å². The number of rotatable bonds is 3. The minimum atomic E-state index is 0.473. The van der Waals surface area contributed by atoms with Crippen molar-refractivity contribution in [2.24, 2.45) is 5.92 Å². The van der Waals surface area contributed by atoms with Crippen molar-refractivity contribution < 1.29 is 4.74 Å². The number of nitrogens with zero attached hydrogens (tertiary/aromatic N) is 1. The fourth-order valence-electron chi connectivity index (χ4n) is 1.25. The summed E-state index contributed by atoms with van der Waals surface area (Å²) in [6.07, 6.45) is 4.42. The van der Waals surface area contributed by atoms with Gasteiger partial charge in [0, 0.05) is 19.7 Å². The SMILES string of the molecule is C1CC(OCC2CC2)C[N]1. The van der Waals surface area contributed by atoms with E-state index in [1.165, 1.54) is 12.8 Å². The molecule has 0 spiro atoms. The van der Waals surface area contributed by atoms with E-state index in [0.717, 1.165) is 32.0 Å². The second-order valence-electron chi connectivity index (χ2n) is 3.32. The van der Waals surface area contributed by atoms with Crippen LogP contribution in [0.25, 0.3) is 0 Å². The first-order chi connectivity index (χ1) is 4.95. The minimum Gasteiger partial charge on any atom is -0.376 e. The molecule has 1 aliphatic heterocycles. The van der Waals surface area contributed by atoms with Crippen LogP contribution in [0.5, 0.6) is 0 Å². The van der Waals surface area contributed by atoms with Crippen LogP contribution in [0.2, 0.25) is 0 Å². The van der Waals surface area contributed by atoms with Crippen molar-refractivity contribution in [2.45, 2.75) is 25.4 Å². The third-order valence-corrected chi connectivity index (χ3v) is 2.21. The number of hydrogen-bond donors (Lipinski definition) is 0. The normalized spacial score (nSPS) is 33.0. The van der Waals surface area contributed by atoms with Crippen LogP contribution in [-0.2, 0) is 4.74 Å². The highest BCUT2D eigenvalue weighted by Gasteiger charge is 2.24. The molecule has 1 aliphatic carbocycles. The second-order valence-corrected chi connectivity index (χ2v) is 3.32. The fourth-order valence-corrected chi connectivity index (χ4v) is 1.25. The van der Waals surface area contributed by atoms with Crippen LogP contribution >= 0.6 is 0 Å². The zero-order valence-electron chi connectivity index (χ0n) is 6.25. The van der Waals surface area contributed by atoms with E-state index in [-0.39, 0.29) is 0 Å². The molecule has 2 fully saturated rings. The summed E-state index contributed by atoms with van der Waals surface area (Å²) in [6, 6.07) is 0. The summed E-state index contributed by atoms with van der Waals surface area (Å²) in [5.41, 5.74) is 0. The zero-order chi connectivity index (χ0) is 6.81. The second kappa shape index (κ2) is 2.89. The van der Waals surface area contributed by atoms with Crippen LogP contribution in [0.15, 0.2) is 0 Å². The maximum atomic E-state index is 5.63. The van der Waals surface area contributed by atoms with Crippen LogP contribution in [0, 0.1) is 5.92 Å². The molecule has 1 heterocycles. The highest BCUT2D eigenvalue weighted by Crippen LogP contribution is 2.29. The van der Waals surface area contributed by atoms with Crippen molar-refractivity contribution in [3.8, 4) is 0 Å². The summed E-state index contributed by atoms with van der Waals surface area (Å²) >= 11 is 0. The standard InChI is InChI=1S/C8H14NO/c1-2-7(1)6-10-8-3-4-9-5-8/h7-8H,1-6H2. The molecule has 10 heavy (non-hydrogen) atoms. The van der Waals surface area contributed by atoms with Crippen LogP contribution in [-0.4, -0.2) is 25.8 Å². The quantitative estimate of drug-likeness (QED) is 0.568. The van der Waals surface area contributed by atoms with E-state index in [1.807, 2.05) is 0 Å². The Morgan fingerprint density at radius 1 is 1.30 bits per heavy atom. The summed E-state index contributed by atoms with van der Waals surface area (Å²) in [5.74, 6) is 0.903. The Morgan fingerprint density at radius 3 is 2.80 bits per heavy atom. The maximum absolute atomic E-state index is 5.63. The fraction of sp³-hybridized carbons (Fsp3) is 1.00. The predicted molar refractivity (Wildman–Crippen MR) is 38.9 cm³/mol. The van der Waals surface area contributed by atoms with Gasteiger partial charge in [-0.05, 0) is 25.2 Å². The third kappa shape index (κ3) is 1.70. The zero-order valence-corrected chi connectivity index (χ0v) is 6.25. The van der Waals surface area contributed by atoms with Gasteiger partial charge < -0.3 is 4.74 Å². The maximum Gasteiger partial charge on any atom is 0.0728 e. The molecule has 0 aromatic rings. The Kier molecular flexibility index (Phi) is 1.91. The Labute approximate surface area is 61.9 Å². The lowest BCUT2D eigenvalue weighted by atomic mass is 10.3. The number of ether oxygens (including phenoxy) is 1. The smallest absolute Gasteiger partial charge is 0.0728 e. The lowest BCUT2D eigenvalue weighted by Crippen LogP contribution is -2.15. The van der Waals surface area contributed by atoms with Gasteiger partial charge in [0.2, 0.25) is 0 Å². The lowest BCUT2D eigenvalue weighted by molar-refractivity contribution is 0.0592. The van der Waals surface area contributed by atoms with E-state index in [1.54, 1.807) is 0 Å². The Morgan fingerprint density at radius 2 is 2.20 bits per heavy atom. The highest BCUT2D eigenvalue weighted by molar-refractivity contribution is 4.75. The summed E-state index contributed by atoms with van der Waals surface area (Å²) < 4.78 is 5.63. The molecule has 1 saturated heterocycles. The summed E-state index contributed by atoms with van der Waals surface area (Å²) in [5, 5.41) is 4.24. The van der Waals surface area contributed by atoms with Crippen LogP contribution < -0.4 is 5.32 Å². The van der Waals surface area contributed by atoms with Gasteiger partial charge in [-0.1, -0.05) is 0 Å². The van der Waals surface area contributed by atoms with E-state index in [0.29, 0.717) is 6.10 Å². The van der Waals surface area contributed by atoms with Gasteiger partial charge in [-0.3, -0.25) is 0 Å². The van der Waals surface area contributed by atoms with Crippen molar-refractivity contribution in [1.29, 1.82) is 0 Å². The van der Waals surface area contributed by atoms with E-state index in [4.69, 9.17) is 4.74 Å². The predicted octanol–water partition coefficient (Wildman–Crippen LogP) is 0.790. The minimum absolute atomic E-state index is 0.473.